The van der Waals surface area contributed by atoms with E-state index in [1.807, 2.05) is 37.4 Å². The van der Waals surface area contributed by atoms with Crippen molar-refractivity contribution in [2.45, 2.75) is 38.6 Å². The van der Waals surface area contributed by atoms with Gasteiger partial charge < -0.3 is 4.90 Å². The van der Waals surface area contributed by atoms with Crippen LogP contribution in [0.3, 0.4) is 0 Å². The molecule has 2 aromatic heterocycles. The minimum Gasteiger partial charge on any atom is -0.342 e. The van der Waals surface area contributed by atoms with Crippen molar-refractivity contribution in [2.75, 3.05) is 11.9 Å². The van der Waals surface area contributed by atoms with E-state index in [9.17, 15) is 4.79 Å². The number of hydrogen-bond donors (Lipinski definition) is 1. The van der Waals surface area contributed by atoms with Crippen molar-refractivity contribution in [3.8, 4) is 5.69 Å². The van der Waals surface area contributed by atoms with Crippen LogP contribution in [-0.2, 0) is 0 Å². The summed E-state index contributed by atoms with van der Waals surface area (Å²) < 4.78 is 1.73. The second-order valence-electron chi connectivity index (χ2n) is 7.06. The molecule has 3 aromatic rings. The monoisotopic (exact) mass is 337 g/mol. The van der Waals surface area contributed by atoms with Crippen molar-refractivity contribution in [1.29, 1.82) is 0 Å². The van der Waals surface area contributed by atoms with Crippen LogP contribution >= 0.6 is 0 Å². The highest BCUT2D eigenvalue weighted by Crippen LogP contribution is 2.28. The van der Waals surface area contributed by atoms with E-state index in [2.05, 4.69) is 21.9 Å². The summed E-state index contributed by atoms with van der Waals surface area (Å²) in [4.78, 5) is 22.3. The fourth-order valence-electron chi connectivity index (χ4n) is 3.76. The average Bonchev–Trinajstić information content (AvgIpc) is 3.06. The first-order valence-corrected chi connectivity index (χ1v) is 8.90. The number of aromatic amines is 1. The molecule has 25 heavy (non-hydrogen) atoms. The molecule has 130 valence electrons. The van der Waals surface area contributed by atoms with Crippen LogP contribution < -0.4 is 10.5 Å². The Hall–Kier alpha value is -2.63. The second kappa shape index (κ2) is 6.35. The van der Waals surface area contributed by atoms with E-state index < -0.39 is 0 Å². The Balaban J connectivity index is 1.77. The van der Waals surface area contributed by atoms with Crippen LogP contribution in [0, 0.1) is 5.92 Å². The molecular weight excluding hydrogens is 314 g/mol. The Bertz CT molecular complexity index is 930. The quantitative estimate of drug-likeness (QED) is 0.797. The maximum absolute atomic E-state index is 12.5. The molecule has 1 N–H and O–H groups in total. The van der Waals surface area contributed by atoms with E-state index in [4.69, 9.17) is 4.98 Å². The topological polar surface area (TPSA) is 66.8 Å². The number of fused-ring (bicyclic) bond motifs is 1. The Morgan fingerprint density at radius 3 is 2.80 bits per heavy atom. The molecule has 1 aliphatic carbocycles. The molecule has 1 fully saturated rings. The van der Waals surface area contributed by atoms with Crippen molar-refractivity contribution in [1.82, 2.24) is 19.7 Å². The molecular formula is C19H23N5O. The number of nitrogens with one attached hydrogen (secondary N) is 1. The smallest absolute Gasteiger partial charge is 0.263 e. The predicted molar refractivity (Wildman–Crippen MR) is 99.3 cm³/mol. The molecule has 0 spiro atoms. The number of aromatic nitrogens is 4. The highest BCUT2D eigenvalue weighted by Gasteiger charge is 2.24. The molecule has 0 bridgehead atoms. The summed E-state index contributed by atoms with van der Waals surface area (Å²) in [6, 6.07) is 10.2. The van der Waals surface area contributed by atoms with Crippen LogP contribution in [0.25, 0.3) is 16.7 Å². The molecule has 2 heterocycles. The molecule has 4 rings (SSSR count). The van der Waals surface area contributed by atoms with Crippen molar-refractivity contribution < 1.29 is 0 Å². The van der Waals surface area contributed by atoms with Gasteiger partial charge in [0.2, 0.25) is 5.95 Å². The SMILES string of the molecule is CC1CCCC(N(C)c2nc3c(cnn3-c3ccccc3)c(=O)[nH]2)C1. The van der Waals surface area contributed by atoms with Gasteiger partial charge in [-0.15, -0.1) is 0 Å². The minimum absolute atomic E-state index is 0.141. The first-order valence-electron chi connectivity index (χ1n) is 8.90. The summed E-state index contributed by atoms with van der Waals surface area (Å²) in [6.07, 6.45) is 6.37. The van der Waals surface area contributed by atoms with Gasteiger partial charge in [-0.3, -0.25) is 9.78 Å². The van der Waals surface area contributed by atoms with Crippen LogP contribution in [0.1, 0.15) is 32.6 Å². The first-order chi connectivity index (χ1) is 12.1. The summed E-state index contributed by atoms with van der Waals surface area (Å²) in [5.41, 5.74) is 1.36. The van der Waals surface area contributed by atoms with E-state index in [0.29, 0.717) is 28.9 Å². The van der Waals surface area contributed by atoms with Crippen LogP contribution in [-0.4, -0.2) is 32.8 Å². The fraction of sp³-hybridized carbons (Fsp3) is 0.421. The molecule has 2 atom stereocenters. The number of benzene rings is 1. The standard InChI is InChI=1S/C19H23N5O/c1-13-7-6-10-15(11-13)23(2)19-21-17-16(18(25)22-19)12-20-24(17)14-8-4-3-5-9-14/h3-5,8-9,12-13,15H,6-7,10-11H2,1-2H3,(H,21,22,25). The fourth-order valence-corrected chi connectivity index (χ4v) is 3.76. The minimum atomic E-state index is -0.141. The number of hydrogen-bond acceptors (Lipinski definition) is 4. The van der Waals surface area contributed by atoms with E-state index >= 15 is 0 Å². The van der Waals surface area contributed by atoms with Gasteiger partial charge in [0.25, 0.3) is 5.56 Å². The summed E-state index contributed by atoms with van der Waals surface area (Å²) in [7, 11) is 2.02. The maximum Gasteiger partial charge on any atom is 0.263 e. The van der Waals surface area contributed by atoms with Crippen molar-refractivity contribution in [3.05, 3.63) is 46.9 Å². The van der Waals surface area contributed by atoms with Gasteiger partial charge in [-0.2, -0.15) is 10.1 Å². The lowest BCUT2D eigenvalue weighted by molar-refractivity contribution is 0.334. The van der Waals surface area contributed by atoms with Gasteiger partial charge in [0.05, 0.1) is 11.9 Å². The van der Waals surface area contributed by atoms with Crippen LogP contribution in [0.2, 0.25) is 0 Å². The van der Waals surface area contributed by atoms with E-state index in [-0.39, 0.29) is 5.56 Å². The molecule has 1 saturated carbocycles. The van der Waals surface area contributed by atoms with Gasteiger partial charge in [-0.05, 0) is 30.9 Å². The Kier molecular flexibility index (Phi) is 4.03. The predicted octanol–water partition coefficient (Wildman–Crippen LogP) is 3.12. The summed E-state index contributed by atoms with van der Waals surface area (Å²) in [6.45, 7) is 2.30. The Labute approximate surface area is 146 Å². The number of para-hydroxylation sites is 1. The number of anilines is 1. The third-order valence-electron chi connectivity index (χ3n) is 5.22. The van der Waals surface area contributed by atoms with Crippen molar-refractivity contribution >= 4 is 17.0 Å². The molecule has 0 aliphatic heterocycles. The zero-order valence-electron chi connectivity index (χ0n) is 14.6. The van der Waals surface area contributed by atoms with Gasteiger partial charge in [0, 0.05) is 13.1 Å². The third-order valence-corrected chi connectivity index (χ3v) is 5.22. The molecule has 1 aliphatic rings. The lowest BCUT2D eigenvalue weighted by Gasteiger charge is -2.34. The lowest BCUT2D eigenvalue weighted by Crippen LogP contribution is -2.37. The maximum atomic E-state index is 12.5. The van der Waals surface area contributed by atoms with Gasteiger partial charge in [0.15, 0.2) is 5.65 Å². The molecule has 6 nitrogen and oxygen atoms in total. The highest BCUT2D eigenvalue weighted by molar-refractivity contribution is 5.76. The van der Waals surface area contributed by atoms with Crippen LogP contribution in [0.15, 0.2) is 41.3 Å². The highest BCUT2D eigenvalue weighted by atomic mass is 16.1. The van der Waals surface area contributed by atoms with E-state index in [1.165, 1.54) is 12.8 Å². The summed E-state index contributed by atoms with van der Waals surface area (Å²) >= 11 is 0. The molecule has 0 radical (unpaired) electrons. The summed E-state index contributed by atoms with van der Waals surface area (Å²) in [5.74, 6) is 1.33. The van der Waals surface area contributed by atoms with Gasteiger partial charge in [-0.1, -0.05) is 38.0 Å². The average molecular weight is 337 g/mol. The van der Waals surface area contributed by atoms with Crippen LogP contribution in [0.4, 0.5) is 5.95 Å². The van der Waals surface area contributed by atoms with Gasteiger partial charge in [0.1, 0.15) is 5.39 Å². The number of nitrogens with zero attached hydrogens (tertiary/aromatic N) is 4. The molecule has 2 unspecified atom stereocenters. The largest absolute Gasteiger partial charge is 0.342 e. The second-order valence-corrected chi connectivity index (χ2v) is 7.06. The normalized spacial score (nSPS) is 20.7. The molecule has 0 amide bonds. The van der Waals surface area contributed by atoms with Gasteiger partial charge >= 0.3 is 0 Å². The molecule has 6 heteroatoms. The molecule has 1 aromatic carbocycles. The van der Waals surface area contributed by atoms with Crippen LogP contribution in [0.5, 0.6) is 0 Å². The van der Waals surface area contributed by atoms with Gasteiger partial charge in [-0.25, -0.2) is 4.68 Å². The zero-order valence-corrected chi connectivity index (χ0v) is 14.6. The van der Waals surface area contributed by atoms with Crippen molar-refractivity contribution in [2.24, 2.45) is 5.92 Å². The number of H-pyrrole nitrogens is 1. The molecule has 0 saturated heterocycles. The summed E-state index contributed by atoms with van der Waals surface area (Å²) in [5, 5.41) is 4.88. The lowest BCUT2D eigenvalue weighted by atomic mass is 9.86. The Morgan fingerprint density at radius 1 is 1.24 bits per heavy atom. The third kappa shape index (κ3) is 2.92. The Morgan fingerprint density at radius 2 is 2.04 bits per heavy atom. The van der Waals surface area contributed by atoms with Crippen molar-refractivity contribution in [3.63, 3.8) is 0 Å². The van der Waals surface area contributed by atoms with E-state index in [1.54, 1.807) is 10.9 Å². The van der Waals surface area contributed by atoms with E-state index in [0.717, 1.165) is 18.5 Å². The zero-order chi connectivity index (χ0) is 17.4. The first kappa shape index (κ1) is 15.9. The number of rotatable bonds is 3.